The molecule has 18 heavy (non-hydrogen) atoms. The number of carbonyl (C=O) groups excluding carboxylic acids is 2. The number of rotatable bonds is 6. The first kappa shape index (κ1) is 14.7. The van der Waals surface area contributed by atoms with Crippen LogP contribution in [0.3, 0.4) is 0 Å². The van der Waals surface area contributed by atoms with Crippen molar-refractivity contribution < 1.29 is 24.2 Å². The van der Waals surface area contributed by atoms with Crippen molar-refractivity contribution in [2.45, 2.75) is 31.9 Å². The predicted octanol–water partition coefficient (Wildman–Crippen LogP) is -0.238. The Morgan fingerprint density at radius 3 is 2.56 bits per heavy atom. The van der Waals surface area contributed by atoms with E-state index in [1.807, 2.05) is 0 Å². The van der Waals surface area contributed by atoms with Crippen LogP contribution in [-0.2, 0) is 19.1 Å². The smallest absolute Gasteiger partial charge is 0.302 e. The Bertz CT molecular complexity index is 346. The highest BCUT2D eigenvalue weighted by Gasteiger charge is 2.44. The number of aliphatic hydroxyl groups is 1. The van der Waals surface area contributed by atoms with Gasteiger partial charge in [-0.2, -0.15) is 0 Å². The molecule has 1 aliphatic rings. The molecule has 1 saturated heterocycles. The molecule has 0 saturated carbocycles. The minimum Gasteiger partial charge on any atom is -0.466 e. The van der Waals surface area contributed by atoms with Gasteiger partial charge in [-0.1, -0.05) is 6.58 Å². The lowest BCUT2D eigenvalue weighted by atomic mass is 9.90. The predicted molar refractivity (Wildman–Crippen MR) is 63.8 cm³/mol. The summed E-state index contributed by atoms with van der Waals surface area (Å²) in [4.78, 5) is 22.4. The molecule has 0 aromatic rings. The molecule has 6 nitrogen and oxygen atoms in total. The van der Waals surface area contributed by atoms with Crippen molar-refractivity contribution in [2.75, 3.05) is 19.8 Å². The van der Waals surface area contributed by atoms with Gasteiger partial charge in [0.1, 0.15) is 5.54 Å². The first-order chi connectivity index (χ1) is 8.37. The molecule has 2 N–H and O–H groups in total. The van der Waals surface area contributed by atoms with Gasteiger partial charge in [0, 0.05) is 18.9 Å². The Morgan fingerprint density at radius 1 is 1.56 bits per heavy atom. The molecule has 1 amide bonds. The van der Waals surface area contributed by atoms with E-state index in [-0.39, 0.29) is 32.1 Å². The van der Waals surface area contributed by atoms with Crippen LogP contribution in [0.5, 0.6) is 0 Å². The molecule has 6 heteroatoms. The largest absolute Gasteiger partial charge is 0.466 e. The fourth-order valence-corrected chi connectivity index (χ4v) is 1.49. The summed E-state index contributed by atoms with van der Waals surface area (Å²) in [6, 6.07) is 0. The van der Waals surface area contributed by atoms with Crippen molar-refractivity contribution >= 4 is 11.9 Å². The minimum absolute atomic E-state index is 0.125. The van der Waals surface area contributed by atoms with E-state index in [1.165, 1.54) is 6.92 Å². The second-order valence-electron chi connectivity index (χ2n) is 4.47. The van der Waals surface area contributed by atoms with Gasteiger partial charge in [-0.05, 0) is 6.92 Å². The van der Waals surface area contributed by atoms with Crippen LogP contribution < -0.4 is 5.32 Å². The summed E-state index contributed by atoms with van der Waals surface area (Å²) >= 11 is 0. The Labute approximate surface area is 106 Å². The Kier molecular flexibility index (Phi) is 4.86. The van der Waals surface area contributed by atoms with Crippen molar-refractivity contribution in [2.24, 2.45) is 0 Å². The lowest BCUT2D eigenvalue weighted by Crippen LogP contribution is -2.68. The molecule has 0 aliphatic carbocycles. The fourth-order valence-electron chi connectivity index (χ4n) is 1.49. The van der Waals surface area contributed by atoms with Gasteiger partial charge in [0.15, 0.2) is 0 Å². The maximum absolute atomic E-state index is 11.8. The monoisotopic (exact) mass is 257 g/mol. The molecule has 102 valence electrons. The third-order valence-electron chi connectivity index (χ3n) is 2.91. The molecule has 0 aromatic heterocycles. The lowest BCUT2D eigenvalue weighted by Gasteiger charge is -2.44. The molecule has 0 radical (unpaired) electrons. The first-order valence-corrected chi connectivity index (χ1v) is 5.77. The van der Waals surface area contributed by atoms with Gasteiger partial charge >= 0.3 is 5.97 Å². The molecular weight excluding hydrogens is 238 g/mol. The zero-order valence-corrected chi connectivity index (χ0v) is 10.7. The topological polar surface area (TPSA) is 84.9 Å². The number of nitrogens with one attached hydrogen (secondary N) is 1. The fraction of sp³-hybridized carbons (Fsp3) is 0.667. The molecule has 1 heterocycles. The van der Waals surface area contributed by atoms with Gasteiger partial charge in [-0.25, -0.2) is 0 Å². The Morgan fingerprint density at radius 2 is 2.17 bits per heavy atom. The Balaban J connectivity index is 2.40. The summed E-state index contributed by atoms with van der Waals surface area (Å²) in [7, 11) is 0. The number of esters is 1. The van der Waals surface area contributed by atoms with E-state index in [1.54, 1.807) is 6.92 Å². The third kappa shape index (κ3) is 3.54. The molecule has 0 aromatic carbocycles. The van der Waals surface area contributed by atoms with Crippen molar-refractivity contribution in [3.8, 4) is 0 Å². The average Bonchev–Trinajstić information content (AvgIpc) is 2.21. The number of carbonyl (C=O) groups is 2. The second-order valence-corrected chi connectivity index (χ2v) is 4.47. The van der Waals surface area contributed by atoms with Gasteiger partial charge < -0.3 is 19.9 Å². The highest BCUT2D eigenvalue weighted by molar-refractivity contribution is 5.93. The summed E-state index contributed by atoms with van der Waals surface area (Å²) in [5.74, 6) is -0.748. The van der Waals surface area contributed by atoms with Crippen LogP contribution in [-0.4, -0.2) is 48.4 Å². The summed E-state index contributed by atoms with van der Waals surface area (Å²) in [5, 5.41) is 12.3. The molecule has 0 bridgehead atoms. The zero-order valence-electron chi connectivity index (χ0n) is 10.7. The summed E-state index contributed by atoms with van der Waals surface area (Å²) in [6.07, 6.45) is -0.432. The number of ether oxygens (including phenoxy) is 2. The van der Waals surface area contributed by atoms with E-state index in [4.69, 9.17) is 9.47 Å². The van der Waals surface area contributed by atoms with Gasteiger partial charge in [-0.3, -0.25) is 9.59 Å². The lowest BCUT2D eigenvalue weighted by molar-refractivity contribution is -0.146. The number of aliphatic hydroxyl groups excluding tert-OH is 1. The second kappa shape index (κ2) is 5.97. The van der Waals surface area contributed by atoms with Crippen LogP contribution in [0.25, 0.3) is 0 Å². The van der Waals surface area contributed by atoms with Crippen molar-refractivity contribution in [3.63, 3.8) is 0 Å². The van der Waals surface area contributed by atoms with Crippen LogP contribution >= 0.6 is 0 Å². The molecule has 1 fully saturated rings. The van der Waals surface area contributed by atoms with Gasteiger partial charge in [0.05, 0.1) is 25.9 Å². The Hall–Kier alpha value is -1.40. The first-order valence-electron chi connectivity index (χ1n) is 5.77. The van der Waals surface area contributed by atoms with Gasteiger partial charge in [0.25, 0.3) is 0 Å². The van der Waals surface area contributed by atoms with E-state index in [2.05, 4.69) is 11.9 Å². The average molecular weight is 257 g/mol. The van der Waals surface area contributed by atoms with E-state index < -0.39 is 17.6 Å². The minimum atomic E-state index is -0.721. The van der Waals surface area contributed by atoms with Crippen LogP contribution in [0.4, 0.5) is 0 Å². The van der Waals surface area contributed by atoms with E-state index in [9.17, 15) is 14.7 Å². The number of hydrogen-bond acceptors (Lipinski definition) is 5. The van der Waals surface area contributed by atoms with Crippen molar-refractivity contribution in [1.82, 2.24) is 5.32 Å². The maximum atomic E-state index is 11.8. The third-order valence-corrected chi connectivity index (χ3v) is 2.91. The normalized spacial score (nSPS) is 18.4. The molecule has 0 spiro atoms. The van der Waals surface area contributed by atoms with Crippen molar-refractivity contribution in [3.05, 3.63) is 12.2 Å². The van der Waals surface area contributed by atoms with Crippen LogP contribution in [0, 0.1) is 0 Å². The van der Waals surface area contributed by atoms with E-state index in [0.717, 1.165) is 0 Å². The summed E-state index contributed by atoms with van der Waals surface area (Å²) in [5.41, 5.74) is -0.412. The number of hydrogen-bond donors (Lipinski definition) is 2. The highest BCUT2D eigenvalue weighted by atomic mass is 16.5. The standard InChI is InChI=1S/C12H19NO5/c1-8(4-5-18-10(3)15)11(16)13-12(9(2)14)6-17-7-12/h9,14H,1,4-7H2,2-3H3,(H,13,16). The molecule has 1 unspecified atom stereocenters. The highest BCUT2D eigenvalue weighted by Crippen LogP contribution is 2.21. The summed E-state index contributed by atoms with van der Waals surface area (Å²) in [6.45, 7) is 7.23. The SMILES string of the molecule is C=C(CCOC(C)=O)C(=O)NC1(C(C)O)COC1. The zero-order chi connectivity index (χ0) is 13.8. The van der Waals surface area contributed by atoms with E-state index in [0.29, 0.717) is 5.57 Å². The molecular formula is C12H19NO5. The van der Waals surface area contributed by atoms with Crippen LogP contribution in [0.15, 0.2) is 12.2 Å². The molecule has 1 rings (SSSR count). The van der Waals surface area contributed by atoms with Crippen LogP contribution in [0.2, 0.25) is 0 Å². The van der Waals surface area contributed by atoms with Crippen molar-refractivity contribution in [1.29, 1.82) is 0 Å². The maximum Gasteiger partial charge on any atom is 0.302 e. The van der Waals surface area contributed by atoms with Crippen LogP contribution in [0.1, 0.15) is 20.3 Å². The van der Waals surface area contributed by atoms with Gasteiger partial charge in [0.2, 0.25) is 5.91 Å². The van der Waals surface area contributed by atoms with Gasteiger partial charge in [-0.15, -0.1) is 0 Å². The quantitative estimate of drug-likeness (QED) is 0.507. The number of amides is 1. The molecule has 1 atom stereocenters. The summed E-state index contributed by atoms with van der Waals surface area (Å²) < 4.78 is 9.75. The molecule has 1 aliphatic heterocycles. The van der Waals surface area contributed by atoms with E-state index >= 15 is 0 Å².